The third-order valence-corrected chi connectivity index (χ3v) is 4.82. The second-order valence-corrected chi connectivity index (χ2v) is 7.16. The molecule has 0 aliphatic carbocycles. The van der Waals surface area contributed by atoms with Crippen LogP contribution < -0.4 is 10.1 Å². The van der Waals surface area contributed by atoms with Crippen LogP contribution in [-0.2, 0) is 0 Å². The predicted octanol–water partition coefficient (Wildman–Crippen LogP) is 6.25. The largest absolute Gasteiger partial charge is 0.495 e. The lowest BCUT2D eigenvalue weighted by atomic mass is 10.1. The van der Waals surface area contributed by atoms with Gasteiger partial charge in [0.25, 0.3) is 0 Å². The molecule has 1 atom stereocenters. The van der Waals surface area contributed by atoms with Gasteiger partial charge in [-0.05, 0) is 48.0 Å². The van der Waals surface area contributed by atoms with Crippen molar-refractivity contribution >= 4 is 28.9 Å². The number of rotatable bonds is 6. The minimum Gasteiger partial charge on any atom is -0.495 e. The van der Waals surface area contributed by atoms with Gasteiger partial charge in [-0.2, -0.15) is 0 Å². The lowest BCUT2D eigenvalue weighted by Crippen LogP contribution is -2.13. The van der Waals surface area contributed by atoms with Crippen molar-refractivity contribution in [2.45, 2.75) is 6.04 Å². The van der Waals surface area contributed by atoms with Crippen molar-refractivity contribution in [3.05, 3.63) is 94.3 Å². The molecule has 5 nitrogen and oxygen atoms in total. The summed E-state index contributed by atoms with van der Waals surface area (Å²) in [5, 5.41) is 13.1. The average Bonchev–Trinajstić information content (AvgIpc) is 3.23. The van der Waals surface area contributed by atoms with E-state index in [-0.39, 0.29) is 0 Å². The van der Waals surface area contributed by atoms with Gasteiger partial charge in [0.15, 0.2) is 0 Å². The Labute approximate surface area is 178 Å². The number of benzene rings is 3. The fraction of sp³-hybridized carbons (Fsp3) is 0.0909. The summed E-state index contributed by atoms with van der Waals surface area (Å²) in [6.07, 6.45) is 0. The van der Waals surface area contributed by atoms with E-state index in [0.29, 0.717) is 33.3 Å². The zero-order chi connectivity index (χ0) is 20.2. The lowest BCUT2D eigenvalue weighted by molar-refractivity contribution is 0.415. The van der Waals surface area contributed by atoms with Crippen molar-refractivity contribution in [3.8, 4) is 17.2 Å². The third-order valence-electron chi connectivity index (χ3n) is 4.35. The van der Waals surface area contributed by atoms with Crippen LogP contribution in [0.15, 0.2) is 77.2 Å². The fourth-order valence-electron chi connectivity index (χ4n) is 2.97. The maximum atomic E-state index is 6.22. The Morgan fingerprint density at radius 2 is 1.69 bits per heavy atom. The predicted molar refractivity (Wildman–Crippen MR) is 115 cm³/mol. The summed E-state index contributed by atoms with van der Waals surface area (Å²) in [6, 6.07) is 22.0. The second-order valence-electron chi connectivity index (χ2n) is 6.29. The Morgan fingerprint density at radius 3 is 2.45 bits per heavy atom. The minimum atomic E-state index is -0.453. The molecule has 1 aromatic heterocycles. The molecule has 4 aromatic rings. The van der Waals surface area contributed by atoms with E-state index >= 15 is 0 Å². The Hall–Kier alpha value is -3.02. The molecule has 1 N–H and O–H groups in total. The van der Waals surface area contributed by atoms with Crippen LogP contribution >= 0.6 is 23.2 Å². The highest BCUT2D eigenvalue weighted by Crippen LogP contribution is 2.34. The molecule has 0 saturated carbocycles. The summed E-state index contributed by atoms with van der Waals surface area (Å²) < 4.78 is 11.5. The topological polar surface area (TPSA) is 60.2 Å². The molecule has 7 heteroatoms. The minimum absolute atomic E-state index is 0.396. The molecule has 0 bridgehead atoms. The summed E-state index contributed by atoms with van der Waals surface area (Å²) in [7, 11) is 1.60. The van der Waals surface area contributed by atoms with E-state index in [1.54, 1.807) is 25.3 Å². The molecule has 0 saturated heterocycles. The van der Waals surface area contributed by atoms with E-state index in [1.807, 2.05) is 54.6 Å². The number of ether oxygens (including phenoxy) is 1. The van der Waals surface area contributed by atoms with Gasteiger partial charge in [-0.3, -0.25) is 0 Å². The summed E-state index contributed by atoms with van der Waals surface area (Å²) in [4.78, 5) is 0. The Morgan fingerprint density at radius 1 is 0.897 bits per heavy atom. The number of anilines is 1. The molecule has 0 radical (unpaired) electrons. The normalized spacial score (nSPS) is 11.8. The van der Waals surface area contributed by atoms with E-state index in [0.717, 1.165) is 11.1 Å². The van der Waals surface area contributed by atoms with Crippen molar-refractivity contribution in [1.29, 1.82) is 0 Å². The number of aromatic nitrogens is 2. The summed E-state index contributed by atoms with van der Waals surface area (Å²) in [5.41, 5.74) is 2.41. The number of hydrogen-bond acceptors (Lipinski definition) is 5. The molecule has 0 unspecified atom stereocenters. The van der Waals surface area contributed by atoms with Crippen LogP contribution in [0.5, 0.6) is 5.75 Å². The van der Waals surface area contributed by atoms with Crippen LogP contribution in [-0.4, -0.2) is 17.3 Å². The quantitative estimate of drug-likeness (QED) is 0.395. The fourth-order valence-corrected chi connectivity index (χ4v) is 3.34. The average molecular weight is 426 g/mol. The molecular formula is C22H17Cl2N3O2. The maximum Gasteiger partial charge on any atom is 0.247 e. The molecule has 3 aromatic carbocycles. The first-order valence-corrected chi connectivity index (χ1v) is 9.64. The first-order valence-electron chi connectivity index (χ1n) is 8.88. The number of nitrogens with one attached hydrogen (secondary N) is 1. The van der Waals surface area contributed by atoms with E-state index in [9.17, 15) is 0 Å². The van der Waals surface area contributed by atoms with Gasteiger partial charge in [-0.25, -0.2) is 0 Å². The SMILES string of the molecule is COc1ccc(Cl)cc1N[C@@H](c1cccc(Cl)c1)c1nnc(-c2ccccc2)o1. The maximum absolute atomic E-state index is 6.22. The van der Waals surface area contributed by atoms with Crippen molar-refractivity contribution < 1.29 is 9.15 Å². The van der Waals surface area contributed by atoms with Crippen molar-refractivity contribution in [1.82, 2.24) is 10.2 Å². The standard InChI is InChI=1S/C22H17Cl2N3O2/c1-28-19-11-10-17(24)13-18(19)25-20(15-8-5-9-16(23)12-15)22-27-26-21(29-22)14-6-3-2-4-7-14/h2-13,20,25H,1H3/t20-/m0/s1. The number of nitrogens with zero attached hydrogens (tertiary/aromatic N) is 2. The van der Waals surface area contributed by atoms with Gasteiger partial charge >= 0.3 is 0 Å². The number of halogens is 2. The molecule has 0 amide bonds. The molecule has 1 heterocycles. The monoisotopic (exact) mass is 425 g/mol. The summed E-state index contributed by atoms with van der Waals surface area (Å²) in [6.45, 7) is 0. The van der Waals surface area contributed by atoms with E-state index in [2.05, 4.69) is 15.5 Å². The Bertz CT molecular complexity index is 1120. The number of hydrogen-bond donors (Lipinski definition) is 1. The molecule has 4 rings (SSSR count). The van der Waals surface area contributed by atoms with E-state index in [1.165, 1.54) is 0 Å². The van der Waals surface area contributed by atoms with Gasteiger partial charge < -0.3 is 14.5 Å². The Balaban J connectivity index is 1.76. The third kappa shape index (κ3) is 4.36. The molecule has 0 fully saturated rings. The van der Waals surface area contributed by atoms with Gasteiger partial charge in [0.05, 0.1) is 12.8 Å². The summed E-state index contributed by atoms with van der Waals surface area (Å²) in [5.74, 6) is 1.48. The highest BCUT2D eigenvalue weighted by Gasteiger charge is 2.23. The molecule has 0 aliphatic heterocycles. The van der Waals surface area contributed by atoms with Crippen molar-refractivity contribution in [2.75, 3.05) is 12.4 Å². The molecule has 29 heavy (non-hydrogen) atoms. The lowest BCUT2D eigenvalue weighted by Gasteiger charge is -2.19. The van der Waals surface area contributed by atoms with Crippen molar-refractivity contribution in [3.63, 3.8) is 0 Å². The Kier molecular flexibility index (Phi) is 5.69. The number of methoxy groups -OCH3 is 1. The van der Waals surface area contributed by atoms with E-state index < -0.39 is 6.04 Å². The highest BCUT2D eigenvalue weighted by molar-refractivity contribution is 6.31. The van der Waals surface area contributed by atoms with Crippen LogP contribution in [0.3, 0.4) is 0 Å². The van der Waals surface area contributed by atoms with Crippen LogP contribution in [0, 0.1) is 0 Å². The van der Waals surface area contributed by atoms with Crippen molar-refractivity contribution in [2.24, 2.45) is 0 Å². The molecule has 0 aliphatic rings. The van der Waals surface area contributed by atoms with Gasteiger partial charge in [0.2, 0.25) is 11.8 Å². The van der Waals surface area contributed by atoms with E-state index in [4.69, 9.17) is 32.4 Å². The highest BCUT2D eigenvalue weighted by atomic mass is 35.5. The first kappa shape index (κ1) is 19.3. The first-order chi connectivity index (χ1) is 14.1. The van der Waals surface area contributed by atoms with Gasteiger partial charge in [0, 0.05) is 15.6 Å². The van der Waals surface area contributed by atoms with Crippen LogP contribution in [0.25, 0.3) is 11.5 Å². The zero-order valence-electron chi connectivity index (χ0n) is 15.5. The smallest absolute Gasteiger partial charge is 0.247 e. The molecule has 0 spiro atoms. The van der Waals surface area contributed by atoms with Gasteiger partial charge in [-0.15, -0.1) is 10.2 Å². The van der Waals surface area contributed by atoms with Gasteiger partial charge in [-0.1, -0.05) is 53.5 Å². The zero-order valence-corrected chi connectivity index (χ0v) is 17.0. The molecule has 146 valence electrons. The summed E-state index contributed by atoms with van der Waals surface area (Å²) >= 11 is 12.4. The van der Waals surface area contributed by atoms with Crippen LogP contribution in [0.2, 0.25) is 10.0 Å². The second kappa shape index (κ2) is 8.55. The van der Waals surface area contributed by atoms with Crippen LogP contribution in [0.4, 0.5) is 5.69 Å². The van der Waals surface area contributed by atoms with Crippen LogP contribution in [0.1, 0.15) is 17.5 Å². The van der Waals surface area contributed by atoms with Gasteiger partial charge in [0.1, 0.15) is 11.8 Å². The molecular weight excluding hydrogens is 409 g/mol.